The molecule has 2 aromatic rings. The van der Waals surface area contributed by atoms with Crippen molar-refractivity contribution in [2.24, 2.45) is 7.05 Å². The van der Waals surface area contributed by atoms with E-state index in [0.717, 1.165) is 6.07 Å². The molecule has 4 rings (SSSR count). The Morgan fingerprint density at radius 3 is 2.52 bits per heavy atom. The molecule has 12 heteroatoms. The zero-order chi connectivity index (χ0) is 22.4. The van der Waals surface area contributed by atoms with E-state index >= 15 is 0 Å². The van der Waals surface area contributed by atoms with Crippen LogP contribution in [0.15, 0.2) is 24.3 Å². The van der Waals surface area contributed by atoms with E-state index in [0.29, 0.717) is 55.6 Å². The molecule has 3 heterocycles. The van der Waals surface area contributed by atoms with Gasteiger partial charge < -0.3 is 9.47 Å². The van der Waals surface area contributed by atoms with Crippen LogP contribution >= 0.6 is 12.2 Å². The number of benzene rings is 1. The summed E-state index contributed by atoms with van der Waals surface area (Å²) < 4.78 is 66.6. The molecule has 1 aromatic heterocycles. The lowest BCUT2D eigenvalue weighted by Crippen LogP contribution is -2.47. The summed E-state index contributed by atoms with van der Waals surface area (Å²) in [5, 5.41) is 4.60. The Labute approximate surface area is 184 Å². The Hall–Kier alpha value is -1.92. The van der Waals surface area contributed by atoms with E-state index in [4.69, 9.17) is 12.2 Å². The lowest BCUT2D eigenvalue weighted by Gasteiger charge is -2.36. The SMILES string of the molecule is Cn1c(C2CCS(=O)(=O)C2)nn(CN2CCN(c3cccc(C(F)(F)F)c3)CC2)c1=S. The molecule has 31 heavy (non-hydrogen) atoms. The van der Waals surface area contributed by atoms with Crippen molar-refractivity contribution in [2.45, 2.75) is 25.2 Å². The Bertz CT molecular complexity index is 1120. The van der Waals surface area contributed by atoms with Gasteiger partial charge in [-0.25, -0.2) is 13.1 Å². The average molecular weight is 476 g/mol. The van der Waals surface area contributed by atoms with Gasteiger partial charge in [-0.05, 0) is 36.8 Å². The number of aromatic nitrogens is 3. The maximum Gasteiger partial charge on any atom is 0.416 e. The Morgan fingerprint density at radius 1 is 1.19 bits per heavy atom. The van der Waals surface area contributed by atoms with Crippen molar-refractivity contribution in [1.29, 1.82) is 0 Å². The van der Waals surface area contributed by atoms with Gasteiger partial charge in [0.05, 0.1) is 23.7 Å². The Balaban J connectivity index is 1.41. The van der Waals surface area contributed by atoms with Crippen LogP contribution in [0.2, 0.25) is 0 Å². The van der Waals surface area contributed by atoms with Crippen molar-refractivity contribution < 1.29 is 21.6 Å². The molecule has 170 valence electrons. The first kappa shape index (κ1) is 22.3. The third-order valence-corrected chi connectivity index (χ3v) is 8.17. The summed E-state index contributed by atoms with van der Waals surface area (Å²) in [7, 11) is -1.22. The first-order chi connectivity index (χ1) is 14.5. The number of hydrogen-bond donors (Lipinski definition) is 0. The fourth-order valence-electron chi connectivity index (χ4n) is 4.17. The van der Waals surface area contributed by atoms with Crippen LogP contribution < -0.4 is 4.90 Å². The predicted molar refractivity (Wildman–Crippen MR) is 113 cm³/mol. The van der Waals surface area contributed by atoms with Gasteiger partial charge in [0.1, 0.15) is 5.82 Å². The minimum absolute atomic E-state index is 0.0995. The molecule has 2 fully saturated rings. The monoisotopic (exact) mass is 475 g/mol. The van der Waals surface area contributed by atoms with E-state index in [1.54, 1.807) is 22.4 Å². The summed E-state index contributed by atoms with van der Waals surface area (Å²) in [6, 6.07) is 5.40. The topological polar surface area (TPSA) is 63.4 Å². The van der Waals surface area contributed by atoms with Crippen molar-refractivity contribution in [3.63, 3.8) is 0 Å². The predicted octanol–water partition coefficient (Wildman–Crippen LogP) is 2.65. The summed E-state index contributed by atoms with van der Waals surface area (Å²) in [5.74, 6) is 0.821. The third kappa shape index (κ3) is 4.80. The second-order valence-electron chi connectivity index (χ2n) is 8.09. The second-order valence-corrected chi connectivity index (χ2v) is 10.7. The zero-order valence-electron chi connectivity index (χ0n) is 17.0. The molecule has 0 aliphatic carbocycles. The molecule has 1 atom stereocenters. The van der Waals surface area contributed by atoms with Crippen LogP contribution in [0.25, 0.3) is 0 Å². The fraction of sp³-hybridized carbons (Fsp3) is 0.579. The Kier molecular flexibility index (Phi) is 5.90. The average Bonchev–Trinajstić information content (AvgIpc) is 3.21. The summed E-state index contributed by atoms with van der Waals surface area (Å²) >= 11 is 5.49. The van der Waals surface area contributed by atoms with Crippen molar-refractivity contribution in [1.82, 2.24) is 19.2 Å². The van der Waals surface area contributed by atoms with Crippen molar-refractivity contribution >= 4 is 27.7 Å². The van der Waals surface area contributed by atoms with E-state index in [1.165, 1.54) is 12.1 Å². The largest absolute Gasteiger partial charge is 0.416 e. The smallest absolute Gasteiger partial charge is 0.369 e. The summed E-state index contributed by atoms with van der Waals surface area (Å²) in [6.45, 7) is 2.95. The van der Waals surface area contributed by atoms with Gasteiger partial charge in [-0.2, -0.15) is 18.3 Å². The van der Waals surface area contributed by atoms with Gasteiger partial charge in [0.2, 0.25) is 0 Å². The third-order valence-electron chi connectivity index (χ3n) is 5.92. The minimum Gasteiger partial charge on any atom is -0.369 e. The number of alkyl halides is 3. The fourth-order valence-corrected chi connectivity index (χ4v) is 6.10. The normalized spacial score (nSPS) is 22.2. The molecule has 2 aliphatic rings. The van der Waals surface area contributed by atoms with Crippen LogP contribution in [0.5, 0.6) is 0 Å². The first-order valence-electron chi connectivity index (χ1n) is 10.0. The quantitative estimate of drug-likeness (QED) is 0.634. The minimum atomic E-state index is -4.36. The molecule has 2 saturated heterocycles. The molecular weight excluding hydrogens is 451 g/mol. The van der Waals surface area contributed by atoms with E-state index in [1.807, 2.05) is 4.90 Å². The molecule has 0 spiro atoms. The first-order valence-corrected chi connectivity index (χ1v) is 12.3. The summed E-state index contributed by atoms with van der Waals surface area (Å²) in [5.41, 5.74) is -0.0812. The lowest BCUT2D eigenvalue weighted by molar-refractivity contribution is -0.137. The van der Waals surface area contributed by atoms with E-state index in [-0.39, 0.29) is 17.4 Å². The second kappa shape index (κ2) is 8.21. The van der Waals surface area contributed by atoms with Crippen LogP contribution in [-0.4, -0.2) is 65.4 Å². The lowest BCUT2D eigenvalue weighted by atomic mass is 10.1. The van der Waals surface area contributed by atoms with E-state index in [9.17, 15) is 21.6 Å². The standard InChI is InChI=1S/C19H24F3N5O2S2/c1-24-17(14-5-10-31(28,29)12-14)23-27(18(24)30)13-25-6-8-26(9-7-25)16-4-2-3-15(11-16)19(20,21)22/h2-4,11,14H,5-10,12-13H2,1H3. The van der Waals surface area contributed by atoms with Crippen molar-refractivity contribution in [3.05, 3.63) is 40.4 Å². The van der Waals surface area contributed by atoms with Gasteiger partial charge in [-0.1, -0.05) is 6.07 Å². The molecule has 0 N–H and O–H groups in total. The van der Waals surface area contributed by atoms with Crippen LogP contribution in [-0.2, 0) is 29.7 Å². The van der Waals surface area contributed by atoms with Crippen LogP contribution in [0.1, 0.15) is 23.7 Å². The number of piperazine rings is 1. The molecule has 0 bridgehead atoms. The van der Waals surface area contributed by atoms with Gasteiger partial charge in [0.25, 0.3) is 0 Å². The highest BCUT2D eigenvalue weighted by Crippen LogP contribution is 2.32. The summed E-state index contributed by atoms with van der Waals surface area (Å²) in [6.07, 6.45) is -3.80. The number of sulfone groups is 1. The zero-order valence-corrected chi connectivity index (χ0v) is 18.7. The maximum atomic E-state index is 13.0. The number of halogens is 3. The van der Waals surface area contributed by atoms with Crippen molar-refractivity contribution in [2.75, 3.05) is 42.6 Å². The highest BCUT2D eigenvalue weighted by molar-refractivity contribution is 7.91. The van der Waals surface area contributed by atoms with E-state index < -0.39 is 21.6 Å². The molecule has 0 radical (unpaired) electrons. The van der Waals surface area contributed by atoms with Gasteiger partial charge in [0.15, 0.2) is 14.6 Å². The number of hydrogen-bond acceptors (Lipinski definition) is 6. The molecule has 0 saturated carbocycles. The van der Waals surface area contributed by atoms with Gasteiger partial charge in [-0.3, -0.25) is 4.90 Å². The molecule has 7 nitrogen and oxygen atoms in total. The number of nitrogens with zero attached hydrogens (tertiary/aromatic N) is 5. The molecule has 1 aromatic carbocycles. The van der Waals surface area contributed by atoms with Gasteiger partial charge in [0, 0.05) is 44.8 Å². The van der Waals surface area contributed by atoms with E-state index in [2.05, 4.69) is 10.00 Å². The molecule has 2 aliphatic heterocycles. The summed E-state index contributed by atoms with van der Waals surface area (Å²) in [4.78, 5) is 4.08. The molecule has 0 amide bonds. The van der Waals surface area contributed by atoms with Gasteiger partial charge in [-0.15, -0.1) is 0 Å². The van der Waals surface area contributed by atoms with Crippen LogP contribution in [0, 0.1) is 4.77 Å². The molecule has 1 unspecified atom stereocenters. The highest BCUT2D eigenvalue weighted by Gasteiger charge is 2.33. The van der Waals surface area contributed by atoms with Crippen LogP contribution in [0.3, 0.4) is 0 Å². The Morgan fingerprint density at radius 2 is 1.90 bits per heavy atom. The number of anilines is 1. The molecular formula is C19H24F3N5O2S2. The highest BCUT2D eigenvalue weighted by atomic mass is 32.2. The van der Waals surface area contributed by atoms with Crippen molar-refractivity contribution in [3.8, 4) is 0 Å². The number of rotatable bonds is 4. The van der Waals surface area contributed by atoms with Crippen LogP contribution in [0.4, 0.5) is 18.9 Å². The maximum absolute atomic E-state index is 13.0. The van der Waals surface area contributed by atoms with Gasteiger partial charge >= 0.3 is 6.18 Å².